The largest absolute Gasteiger partial charge is 0.487 e. The van der Waals surface area contributed by atoms with Crippen molar-refractivity contribution in [3.8, 4) is 34.7 Å². The fourth-order valence-corrected chi connectivity index (χ4v) is 9.12. The number of unbranched alkanes of at least 4 members (excludes halogenated alkanes) is 1. The molecule has 3 aromatic carbocycles. The number of nitrogens with zero attached hydrogens (tertiary/aromatic N) is 10. The molecule has 0 unspecified atom stereocenters. The predicted octanol–water partition coefficient (Wildman–Crippen LogP) is 12.9. The number of para-hydroxylation sites is 1. The van der Waals surface area contributed by atoms with Crippen LogP contribution in [-0.4, -0.2) is 27.0 Å². The standard InChI is InChI=1S/C42H38N6.C12H10N4.Ir/c1-45-35-18-20-38(34(24-35)28-44)41-25-32(30-11-5-3-6-12-30)22-36(47-41)15-9-10-16-37-23-33(31-13-7-4-8-14-31)26-42(48-37)39-19-17-29(27-43)21-40(39)46-2;1-15-9-16(10-5-3-2-4-6-10)12-11(15)13-7-8-14-12;/h17-18,21-26,30-31H,3-16H2;2-5,7-9H,1H3;/q2*-2;. The number of aryl methyl sites for hydroxylation is 2. The summed E-state index contributed by atoms with van der Waals surface area (Å²) in [6, 6.07) is 37.1. The van der Waals surface area contributed by atoms with Crippen molar-refractivity contribution >= 4 is 28.7 Å². The minimum Gasteiger partial charge on any atom is -0.487 e. The Morgan fingerprint density at radius 1 is 0.723 bits per heavy atom. The second kappa shape index (κ2) is 22.2. The molecule has 3 aliphatic rings. The summed E-state index contributed by atoms with van der Waals surface area (Å²) in [5.74, 6) is 2.70. The van der Waals surface area contributed by atoms with E-state index in [4.69, 9.17) is 23.1 Å². The molecule has 0 spiro atoms. The first-order valence-corrected chi connectivity index (χ1v) is 22.3. The molecular formula is C54H48IrN10-4. The normalized spacial score (nSPS) is 14.7. The molecule has 3 aromatic heterocycles. The van der Waals surface area contributed by atoms with E-state index in [-0.39, 0.29) is 20.1 Å². The average molecular weight is 1030 g/mol. The zero-order valence-electron chi connectivity index (χ0n) is 36.5. The van der Waals surface area contributed by atoms with Gasteiger partial charge in [-0.15, -0.1) is 36.1 Å². The van der Waals surface area contributed by atoms with Crippen LogP contribution in [-0.2, 0) is 32.9 Å². The molecule has 0 bridgehead atoms. The van der Waals surface area contributed by atoms with Crippen molar-refractivity contribution in [1.82, 2.24) is 19.9 Å². The van der Waals surface area contributed by atoms with Crippen molar-refractivity contribution < 1.29 is 20.1 Å². The zero-order valence-corrected chi connectivity index (χ0v) is 38.9. The summed E-state index contributed by atoms with van der Waals surface area (Å²) in [4.78, 5) is 29.8. The first-order chi connectivity index (χ1) is 31.4. The van der Waals surface area contributed by atoms with Crippen LogP contribution in [0.4, 0.5) is 28.7 Å². The Kier molecular flexibility index (Phi) is 15.8. The summed E-state index contributed by atoms with van der Waals surface area (Å²) >= 11 is 0. The first-order valence-electron chi connectivity index (χ1n) is 22.3. The predicted molar refractivity (Wildman–Crippen MR) is 249 cm³/mol. The molecule has 2 aliphatic carbocycles. The Balaban J connectivity index is 0.000000309. The smallest absolute Gasteiger partial charge is 0.236 e. The molecule has 2 saturated carbocycles. The number of fused-ring (bicyclic) bond motifs is 1. The van der Waals surface area contributed by atoms with Gasteiger partial charge in [-0.2, -0.15) is 35.2 Å². The summed E-state index contributed by atoms with van der Waals surface area (Å²) in [5.41, 5.74) is 10.2. The van der Waals surface area contributed by atoms with E-state index in [2.05, 4.69) is 74.3 Å². The molecule has 0 saturated heterocycles. The van der Waals surface area contributed by atoms with Crippen LogP contribution in [0.5, 0.6) is 0 Å². The van der Waals surface area contributed by atoms with E-state index in [0.717, 1.165) is 65.8 Å². The maximum Gasteiger partial charge on any atom is 0.236 e. The summed E-state index contributed by atoms with van der Waals surface area (Å²) in [7, 11) is 1.95. The summed E-state index contributed by atoms with van der Waals surface area (Å²) in [6.07, 6.45) is 19.1. The summed E-state index contributed by atoms with van der Waals surface area (Å²) in [5, 5.41) is 19.2. The van der Waals surface area contributed by atoms with Gasteiger partial charge in [0.15, 0.2) is 5.69 Å². The minimum atomic E-state index is 0. The third-order valence-corrected chi connectivity index (χ3v) is 12.4. The Labute approximate surface area is 397 Å². The molecule has 9 rings (SSSR count). The van der Waals surface area contributed by atoms with Gasteiger partial charge in [0.05, 0.1) is 6.57 Å². The monoisotopic (exact) mass is 1030 g/mol. The van der Waals surface area contributed by atoms with Crippen molar-refractivity contribution in [2.75, 3.05) is 16.8 Å². The second-order valence-corrected chi connectivity index (χ2v) is 16.7. The molecule has 327 valence electrons. The van der Waals surface area contributed by atoms with E-state index in [1.165, 1.54) is 75.3 Å². The van der Waals surface area contributed by atoms with Crippen LogP contribution in [0.15, 0.2) is 85.2 Å². The van der Waals surface area contributed by atoms with Crippen LogP contribution in [0.25, 0.3) is 32.2 Å². The Hall–Kier alpha value is -6.75. The van der Waals surface area contributed by atoms with Crippen LogP contribution in [0.1, 0.15) is 123 Å². The Bertz CT molecular complexity index is 2620. The van der Waals surface area contributed by atoms with Crippen molar-refractivity contribution in [2.45, 2.75) is 102 Å². The Morgan fingerprint density at radius 2 is 1.34 bits per heavy atom. The number of hydrogen-bond acceptors (Lipinski definition) is 8. The molecule has 11 heteroatoms. The molecule has 0 amide bonds. The van der Waals surface area contributed by atoms with E-state index in [1.54, 1.807) is 36.7 Å². The van der Waals surface area contributed by atoms with E-state index in [9.17, 15) is 10.5 Å². The quantitative estimate of drug-likeness (QED) is 0.0984. The van der Waals surface area contributed by atoms with Gasteiger partial charge in [0.25, 0.3) is 0 Å². The number of anilines is 3. The molecular weight excluding hydrogens is 981 g/mol. The molecule has 2 fully saturated rings. The van der Waals surface area contributed by atoms with Crippen LogP contribution in [0.2, 0.25) is 0 Å². The van der Waals surface area contributed by atoms with Crippen molar-refractivity contribution in [3.05, 3.63) is 167 Å². The van der Waals surface area contributed by atoms with Crippen molar-refractivity contribution in [1.29, 1.82) is 10.5 Å². The molecule has 1 aliphatic heterocycles. The fraction of sp³-hybridized carbons (Fsp3) is 0.315. The molecule has 0 N–H and O–H groups in total. The van der Waals surface area contributed by atoms with E-state index < -0.39 is 0 Å². The number of hydrogen-bond donors (Lipinski definition) is 0. The molecule has 4 heterocycles. The maximum absolute atomic E-state index is 9.88. The van der Waals surface area contributed by atoms with Crippen LogP contribution in [0.3, 0.4) is 0 Å². The molecule has 0 atom stereocenters. The number of nitriles is 2. The summed E-state index contributed by atoms with van der Waals surface area (Å²) in [6.45, 7) is 17.1. The molecule has 6 aromatic rings. The second-order valence-electron chi connectivity index (χ2n) is 16.7. The van der Waals surface area contributed by atoms with Gasteiger partial charge in [0, 0.05) is 56.0 Å². The van der Waals surface area contributed by atoms with Crippen molar-refractivity contribution in [2.24, 2.45) is 0 Å². The van der Waals surface area contributed by atoms with Gasteiger partial charge in [-0.05, 0) is 111 Å². The molecule has 65 heavy (non-hydrogen) atoms. The van der Waals surface area contributed by atoms with Crippen LogP contribution < -0.4 is 9.80 Å². The average Bonchev–Trinajstić information content (AvgIpc) is 3.71. The summed E-state index contributed by atoms with van der Waals surface area (Å²) < 4.78 is 0. The topological polar surface area (TPSA) is 114 Å². The Morgan fingerprint density at radius 3 is 1.91 bits per heavy atom. The molecule has 1 radical (unpaired) electrons. The number of pyridine rings is 2. The van der Waals surface area contributed by atoms with Gasteiger partial charge in [-0.25, -0.2) is 25.3 Å². The van der Waals surface area contributed by atoms with Gasteiger partial charge in [0.1, 0.15) is 18.2 Å². The van der Waals surface area contributed by atoms with Gasteiger partial charge >= 0.3 is 0 Å². The van der Waals surface area contributed by atoms with Gasteiger partial charge in [-0.3, -0.25) is 0 Å². The van der Waals surface area contributed by atoms with E-state index in [0.29, 0.717) is 45.5 Å². The van der Waals surface area contributed by atoms with Crippen molar-refractivity contribution in [3.63, 3.8) is 0 Å². The molecule has 10 nitrogen and oxygen atoms in total. The van der Waals surface area contributed by atoms with Gasteiger partial charge < -0.3 is 19.8 Å². The minimum absolute atomic E-state index is 0. The zero-order chi connectivity index (χ0) is 44.3. The van der Waals surface area contributed by atoms with Crippen LogP contribution in [0, 0.1) is 60.7 Å². The van der Waals surface area contributed by atoms with E-state index >= 15 is 0 Å². The fourth-order valence-electron chi connectivity index (χ4n) is 9.12. The van der Waals surface area contributed by atoms with Gasteiger partial charge in [-0.1, -0.05) is 79.5 Å². The van der Waals surface area contributed by atoms with E-state index in [1.807, 2.05) is 47.8 Å². The maximum atomic E-state index is 9.88. The SMILES string of the molecule is CN1[CH-]N(c2[c-]cccc2)c2nccnc21.[C-]#[N+]c1c[c-]c(-c2cc(C3CCCCC3)cc(CCCCc3cc(C4CCCCC4)cc(-c4[c-]cc(C#N)cc4[N+]#[C-])n3)n2)c(C#N)c1.[Ir]. The van der Waals surface area contributed by atoms with Crippen LogP contribution >= 0.6 is 0 Å². The number of aromatic nitrogens is 4. The third-order valence-electron chi connectivity index (χ3n) is 12.4. The first kappa shape index (κ1) is 46.2. The van der Waals surface area contributed by atoms with Gasteiger partial charge in [0.2, 0.25) is 5.69 Å². The third kappa shape index (κ3) is 11.1. The number of benzene rings is 3. The number of rotatable bonds is 10.